The molecule has 0 atom stereocenters. The minimum atomic E-state index is -0.457. The minimum Gasteiger partial charge on any atom is -0.343 e. The van der Waals surface area contributed by atoms with Crippen molar-refractivity contribution < 1.29 is 9.59 Å². The highest BCUT2D eigenvalue weighted by Crippen LogP contribution is 2.20. The van der Waals surface area contributed by atoms with Crippen LogP contribution in [0.2, 0.25) is 10.0 Å². The number of carbonyl (C=O) groups is 2. The van der Waals surface area contributed by atoms with E-state index in [1.54, 1.807) is 6.07 Å². The van der Waals surface area contributed by atoms with Crippen molar-refractivity contribution in [3.05, 3.63) is 52.5 Å². The fraction of sp³-hybridized carbons (Fsp3) is 0.0833. The van der Waals surface area contributed by atoms with Gasteiger partial charge in [-0.2, -0.15) is 0 Å². The topological polar surface area (TPSA) is 64.0 Å². The number of carbonyl (C=O) groups excluding carboxylic acids is 2. The SMILES string of the molecule is O=C(NCC(=O)n1ccnc1)c1cc(Cl)ccc1Cl. The van der Waals surface area contributed by atoms with Crippen LogP contribution in [0.1, 0.15) is 15.2 Å². The van der Waals surface area contributed by atoms with Crippen molar-refractivity contribution in [3.8, 4) is 0 Å². The van der Waals surface area contributed by atoms with Crippen LogP contribution in [0.15, 0.2) is 36.9 Å². The van der Waals surface area contributed by atoms with Gasteiger partial charge in [0.05, 0.1) is 17.1 Å². The quantitative estimate of drug-likeness (QED) is 0.945. The third-order valence-corrected chi connectivity index (χ3v) is 2.93. The lowest BCUT2D eigenvalue weighted by Crippen LogP contribution is -2.32. The van der Waals surface area contributed by atoms with E-state index < -0.39 is 5.91 Å². The first-order valence-electron chi connectivity index (χ1n) is 5.32. The Bertz CT molecular complexity index is 611. The molecule has 0 aliphatic carbocycles. The molecule has 0 saturated carbocycles. The Kier molecular flexibility index (Phi) is 4.19. The summed E-state index contributed by atoms with van der Waals surface area (Å²) in [7, 11) is 0. The number of benzene rings is 1. The summed E-state index contributed by atoms with van der Waals surface area (Å²) in [6.07, 6.45) is 4.34. The molecule has 7 heteroatoms. The van der Waals surface area contributed by atoms with Gasteiger partial charge < -0.3 is 5.32 Å². The highest BCUT2D eigenvalue weighted by Gasteiger charge is 2.12. The normalized spacial score (nSPS) is 10.2. The Morgan fingerprint density at radius 2 is 2.11 bits per heavy atom. The minimum absolute atomic E-state index is 0.155. The van der Waals surface area contributed by atoms with Gasteiger partial charge in [0.2, 0.25) is 0 Å². The van der Waals surface area contributed by atoms with Gasteiger partial charge in [0.1, 0.15) is 6.33 Å². The molecule has 0 bridgehead atoms. The third kappa shape index (κ3) is 3.33. The standard InChI is InChI=1S/C12H9Cl2N3O2/c13-8-1-2-10(14)9(5-8)12(19)16-6-11(18)17-4-3-15-7-17/h1-5,7H,6H2,(H,16,19). The van der Waals surface area contributed by atoms with E-state index in [9.17, 15) is 9.59 Å². The van der Waals surface area contributed by atoms with Gasteiger partial charge in [0, 0.05) is 17.4 Å². The number of rotatable bonds is 3. The van der Waals surface area contributed by atoms with E-state index in [1.165, 1.54) is 35.4 Å². The number of nitrogens with zero attached hydrogens (tertiary/aromatic N) is 2. The monoisotopic (exact) mass is 297 g/mol. The number of nitrogens with one attached hydrogen (secondary N) is 1. The lowest BCUT2D eigenvalue weighted by atomic mass is 10.2. The Balaban J connectivity index is 2.02. The molecule has 0 aliphatic heterocycles. The fourth-order valence-electron chi connectivity index (χ4n) is 1.42. The highest BCUT2D eigenvalue weighted by molar-refractivity contribution is 6.35. The van der Waals surface area contributed by atoms with E-state index in [4.69, 9.17) is 23.2 Å². The summed E-state index contributed by atoms with van der Waals surface area (Å²) in [5, 5.41) is 3.15. The lowest BCUT2D eigenvalue weighted by molar-refractivity contribution is 0.0861. The van der Waals surface area contributed by atoms with Gasteiger partial charge in [-0.05, 0) is 18.2 Å². The first-order chi connectivity index (χ1) is 9.08. The number of hydrogen-bond acceptors (Lipinski definition) is 3. The van der Waals surface area contributed by atoms with E-state index in [0.717, 1.165) is 0 Å². The molecule has 0 saturated heterocycles. The number of hydrogen-bond donors (Lipinski definition) is 1. The average Bonchev–Trinajstić information content (AvgIpc) is 2.92. The zero-order chi connectivity index (χ0) is 13.8. The largest absolute Gasteiger partial charge is 0.343 e. The zero-order valence-corrected chi connectivity index (χ0v) is 11.1. The Labute approximate surface area is 119 Å². The van der Waals surface area contributed by atoms with E-state index in [1.807, 2.05) is 0 Å². The molecule has 1 aromatic carbocycles. The van der Waals surface area contributed by atoms with Gasteiger partial charge in [-0.25, -0.2) is 4.98 Å². The van der Waals surface area contributed by atoms with Crippen LogP contribution in [0, 0.1) is 0 Å². The number of halogens is 2. The molecule has 1 heterocycles. The maximum Gasteiger partial charge on any atom is 0.253 e. The van der Waals surface area contributed by atoms with Gasteiger partial charge >= 0.3 is 0 Å². The number of aromatic nitrogens is 2. The van der Waals surface area contributed by atoms with Crippen LogP contribution in [-0.4, -0.2) is 27.9 Å². The summed E-state index contributed by atoms with van der Waals surface area (Å²) >= 11 is 11.7. The van der Waals surface area contributed by atoms with Crippen LogP contribution in [0.3, 0.4) is 0 Å². The van der Waals surface area contributed by atoms with Crippen molar-refractivity contribution in [2.24, 2.45) is 0 Å². The van der Waals surface area contributed by atoms with Crippen molar-refractivity contribution in [1.29, 1.82) is 0 Å². The van der Waals surface area contributed by atoms with E-state index in [0.29, 0.717) is 5.02 Å². The molecule has 1 amide bonds. The third-order valence-electron chi connectivity index (χ3n) is 2.37. The van der Waals surface area contributed by atoms with E-state index in [-0.39, 0.29) is 23.0 Å². The Morgan fingerprint density at radius 3 is 2.79 bits per heavy atom. The molecule has 2 rings (SSSR count). The lowest BCUT2D eigenvalue weighted by Gasteiger charge is -2.06. The van der Waals surface area contributed by atoms with E-state index in [2.05, 4.69) is 10.3 Å². The van der Waals surface area contributed by atoms with Crippen LogP contribution >= 0.6 is 23.2 Å². The number of imidazole rings is 1. The van der Waals surface area contributed by atoms with Gasteiger partial charge in [-0.15, -0.1) is 0 Å². The van der Waals surface area contributed by atoms with Gasteiger partial charge in [-0.3, -0.25) is 14.2 Å². The molecule has 19 heavy (non-hydrogen) atoms. The van der Waals surface area contributed by atoms with Crippen LogP contribution in [0.4, 0.5) is 0 Å². The summed E-state index contributed by atoms with van der Waals surface area (Å²) in [5.41, 5.74) is 0.229. The average molecular weight is 298 g/mol. The molecule has 0 unspecified atom stereocenters. The molecular weight excluding hydrogens is 289 g/mol. The van der Waals surface area contributed by atoms with Crippen molar-refractivity contribution in [3.63, 3.8) is 0 Å². The highest BCUT2D eigenvalue weighted by atomic mass is 35.5. The Morgan fingerprint density at radius 1 is 1.32 bits per heavy atom. The summed E-state index contributed by atoms with van der Waals surface area (Å²) in [6, 6.07) is 4.55. The second-order valence-electron chi connectivity index (χ2n) is 3.67. The molecule has 0 fully saturated rings. The van der Waals surface area contributed by atoms with Crippen molar-refractivity contribution in [1.82, 2.24) is 14.9 Å². The molecule has 2 aromatic rings. The molecule has 0 aliphatic rings. The van der Waals surface area contributed by atoms with Crippen LogP contribution in [0.5, 0.6) is 0 Å². The predicted molar refractivity (Wildman–Crippen MR) is 71.6 cm³/mol. The summed E-state index contributed by atoms with van der Waals surface area (Å²) in [4.78, 5) is 27.2. The van der Waals surface area contributed by atoms with Crippen molar-refractivity contribution in [2.45, 2.75) is 0 Å². The van der Waals surface area contributed by atoms with Crippen molar-refractivity contribution >= 4 is 35.0 Å². The maximum atomic E-state index is 11.9. The van der Waals surface area contributed by atoms with Crippen molar-refractivity contribution in [2.75, 3.05) is 6.54 Å². The summed E-state index contributed by atoms with van der Waals surface area (Å²) < 4.78 is 1.28. The molecule has 0 spiro atoms. The Hall–Kier alpha value is -1.85. The molecule has 1 N–H and O–H groups in total. The fourth-order valence-corrected chi connectivity index (χ4v) is 1.80. The maximum absolute atomic E-state index is 11.9. The van der Waals surface area contributed by atoms with Crippen LogP contribution < -0.4 is 5.32 Å². The molecule has 5 nitrogen and oxygen atoms in total. The van der Waals surface area contributed by atoms with Gasteiger partial charge in [-0.1, -0.05) is 23.2 Å². The van der Waals surface area contributed by atoms with Crippen LogP contribution in [0.25, 0.3) is 0 Å². The molecule has 1 aromatic heterocycles. The zero-order valence-electron chi connectivity index (χ0n) is 9.64. The van der Waals surface area contributed by atoms with E-state index >= 15 is 0 Å². The van der Waals surface area contributed by atoms with Gasteiger partial charge in [0.15, 0.2) is 0 Å². The molecule has 0 radical (unpaired) electrons. The first-order valence-corrected chi connectivity index (χ1v) is 6.08. The second-order valence-corrected chi connectivity index (χ2v) is 4.51. The first kappa shape index (κ1) is 13.6. The molecular formula is C12H9Cl2N3O2. The summed E-state index contributed by atoms with van der Waals surface area (Å²) in [6.45, 7) is -0.155. The second kappa shape index (κ2) is 5.86. The van der Waals surface area contributed by atoms with Gasteiger partial charge in [0.25, 0.3) is 11.8 Å². The van der Waals surface area contributed by atoms with Crippen LogP contribution in [-0.2, 0) is 0 Å². The summed E-state index contributed by atoms with van der Waals surface area (Å²) in [5.74, 6) is -0.759. The predicted octanol–water partition coefficient (Wildman–Crippen LogP) is 2.26. The number of amides is 1. The molecule has 98 valence electrons. The smallest absolute Gasteiger partial charge is 0.253 e.